The van der Waals surface area contributed by atoms with Crippen LogP contribution in [-0.2, 0) is 19.1 Å². The van der Waals surface area contributed by atoms with E-state index in [9.17, 15) is 24.5 Å². The van der Waals surface area contributed by atoms with Crippen molar-refractivity contribution >= 4 is 46.5 Å². The molecule has 1 aromatic carbocycles. The number of hydrazone groups is 1. The molecule has 0 radical (unpaired) electrons. The van der Waals surface area contributed by atoms with Gasteiger partial charge in [0.25, 0.3) is 11.6 Å². The second-order valence-corrected chi connectivity index (χ2v) is 5.05. The Morgan fingerprint density at radius 1 is 1.42 bits per heavy atom. The molecule has 126 valence electrons. The normalized spacial score (nSPS) is 13.5. The number of hydrogen-bond acceptors (Lipinski definition) is 7. The van der Waals surface area contributed by atoms with Crippen LogP contribution in [0.15, 0.2) is 23.3 Å². The summed E-state index contributed by atoms with van der Waals surface area (Å²) in [5.74, 6) is -1.81. The molecule has 1 heterocycles. The van der Waals surface area contributed by atoms with E-state index in [4.69, 9.17) is 16.3 Å². The van der Waals surface area contributed by atoms with Crippen molar-refractivity contribution in [3.05, 3.63) is 33.3 Å². The van der Waals surface area contributed by atoms with E-state index in [-0.39, 0.29) is 40.9 Å². The summed E-state index contributed by atoms with van der Waals surface area (Å²) in [5, 5.41) is 16.5. The number of halogens is 1. The summed E-state index contributed by atoms with van der Waals surface area (Å²) in [6.07, 6.45) is 0.235. The number of nitro groups is 1. The number of carbonyl (C=O) groups is 3. The van der Waals surface area contributed by atoms with Crippen LogP contribution >= 0.6 is 11.6 Å². The average Bonchev–Trinajstić information content (AvgIpc) is 2.55. The van der Waals surface area contributed by atoms with Crippen LogP contribution in [0.2, 0.25) is 5.02 Å². The third-order valence-corrected chi connectivity index (χ3v) is 3.22. The van der Waals surface area contributed by atoms with Gasteiger partial charge in [-0.1, -0.05) is 11.6 Å². The first-order valence-corrected chi connectivity index (χ1v) is 7.01. The molecule has 2 amide bonds. The summed E-state index contributed by atoms with van der Waals surface area (Å²) in [5.41, 5.74) is 2.07. The predicted octanol–water partition coefficient (Wildman–Crippen LogP) is 0.996. The van der Waals surface area contributed by atoms with Crippen molar-refractivity contribution in [3.8, 4) is 0 Å². The number of nitrogens with zero attached hydrogens (tertiary/aromatic N) is 2. The fraction of sp³-hybridized carbons (Fsp3) is 0.231. The Balaban J connectivity index is 1.88. The second kappa shape index (κ2) is 7.51. The molecular weight excluding hydrogens is 344 g/mol. The molecule has 1 aromatic rings. The standard InChI is InChI=1S/C13H11ClN4O6/c14-8-5-7(18(22)23)1-2-9(8)15-12(20)6-24-13(21)10-3-4-11(19)17-16-10/h1-2,5H,3-4,6H2,(H,15,20)(H,17,19). The van der Waals surface area contributed by atoms with E-state index >= 15 is 0 Å². The first-order chi connectivity index (χ1) is 11.4. The molecule has 0 fully saturated rings. The number of nitrogens with one attached hydrogen (secondary N) is 2. The van der Waals surface area contributed by atoms with E-state index in [2.05, 4.69) is 15.8 Å². The summed E-state index contributed by atoms with van der Waals surface area (Å²) in [7, 11) is 0. The smallest absolute Gasteiger partial charge is 0.355 e. The van der Waals surface area contributed by atoms with Crippen LogP contribution in [0.3, 0.4) is 0 Å². The average molecular weight is 355 g/mol. The largest absolute Gasteiger partial charge is 0.451 e. The number of non-ortho nitro benzene ring substituents is 1. The molecular formula is C13H11ClN4O6. The molecule has 24 heavy (non-hydrogen) atoms. The van der Waals surface area contributed by atoms with Crippen molar-refractivity contribution in [3.63, 3.8) is 0 Å². The van der Waals surface area contributed by atoms with Gasteiger partial charge in [-0.25, -0.2) is 10.2 Å². The minimum atomic E-state index is -0.819. The number of amides is 2. The van der Waals surface area contributed by atoms with Gasteiger partial charge < -0.3 is 10.1 Å². The maximum atomic E-state index is 11.7. The van der Waals surface area contributed by atoms with E-state index < -0.39 is 23.4 Å². The van der Waals surface area contributed by atoms with Gasteiger partial charge in [0.05, 0.1) is 15.6 Å². The van der Waals surface area contributed by atoms with Gasteiger partial charge in [-0.2, -0.15) is 5.10 Å². The van der Waals surface area contributed by atoms with Crippen molar-refractivity contribution in [2.75, 3.05) is 11.9 Å². The third kappa shape index (κ3) is 4.49. The van der Waals surface area contributed by atoms with Crippen LogP contribution in [0.25, 0.3) is 0 Å². The van der Waals surface area contributed by atoms with Crippen LogP contribution < -0.4 is 10.7 Å². The lowest BCUT2D eigenvalue weighted by atomic mass is 10.2. The van der Waals surface area contributed by atoms with Gasteiger partial charge in [-0.05, 0) is 6.07 Å². The molecule has 0 aromatic heterocycles. The van der Waals surface area contributed by atoms with Crippen LogP contribution in [0, 0.1) is 10.1 Å². The number of hydrogen-bond donors (Lipinski definition) is 2. The van der Waals surface area contributed by atoms with Crippen molar-refractivity contribution in [2.45, 2.75) is 12.8 Å². The van der Waals surface area contributed by atoms with E-state index in [0.717, 1.165) is 6.07 Å². The number of ether oxygens (including phenoxy) is 1. The minimum absolute atomic E-state index is 0.00997. The Hall–Kier alpha value is -3.01. The summed E-state index contributed by atoms with van der Waals surface area (Å²) in [4.78, 5) is 44.3. The molecule has 1 aliphatic rings. The van der Waals surface area contributed by atoms with E-state index in [0.29, 0.717) is 0 Å². The predicted molar refractivity (Wildman–Crippen MR) is 82.5 cm³/mol. The zero-order valence-electron chi connectivity index (χ0n) is 12.1. The lowest BCUT2D eigenvalue weighted by Gasteiger charge is -2.11. The van der Waals surface area contributed by atoms with Crippen molar-refractivity contribution < 1.29 is 24.0 Å². The molecule has 0 atom stereocenters. The van der Waals surface area contributed by atoms with Gasteiger partial charge in [0.2, 0.25) is 5.91 Å². The van der Waals surface area contributed by atoms with Crippen LogP contribution in [0.4, 0.5) is 11.4 Å². The molecule has 10 nitrogen and oxygen atoms in total. The van der Waals surface area contributed by atoms with Gasteiger partial charge in [0.15, 0.2) is 6.61 Å². The Bertz CT molecular complexity index is 748. The van der Waals surface area contributed by atoms with Gasteiger partial charge >= 0.3 is 5.97 Å². The topological polar surface area (TPSA) is 140 Å². The number of benzene rings is 1. The molecule has 0 aliphatic carbocycles. The number of nitro benzene ring substituents is 1. The van der Waals surface area contributed by atoms with Gasteiger partial charge in [-0.3, -0.25) is 19.7 Å². The Labute approximate surface area is 139 Å². The number of rotatable bonds is 5. The lowest BCUT2D eigenvalue weighted by molar-refractivity contribution is -0.384. The van der Waals surface area contributed by atoms with Crippen LogP contribution in [-0.4, -0.2) is 35.0 Å². The molecule has 2 rings (SSSR count). The molecule has 2 N–H and O–H groups in total. The highest BCUT2D eigenvalue weighted by Gasteiger charge is 2.20. The van der Waals surface area contributed by atoms with E-state index in [1.54, 1.807) is 0 Å². The molecule has 1 aliphatic heterocycles. The van der Waals surface area contributed by atoms with Gasteiger partial charge in [0.1, 0.15) is 5.71 Å². The molecule has 0 saturated carbocycles. The minimum Gasteiger partial charge on any atom is -0.451 e. The number of carbonyl (C=O) groups excluding carboxylic acids is 3. The quantitative estimate of drug-likeness (QED) is 0.459. The second-order valence-electron chi connectivity index (χ2n) is 4.64. The maximum absolute atomic E-state index is 11.7. The van der Waals surface area contributed by atoms with Crippen LogP contribution in [0.5, 0.6) is 0 Å². The van der Waals surface area contributed by atoms with Crippen LogP contribution in [0.1, 0.15) is 12.8 Å². The summed E-state index contributed by atoms with van der Waals surface area (Å²) >= 11 is 5.83. The fourth-order valence-corrected chi connectivity index (χ4v) is 1.96. The highest BCUT2D eigenvalue weighted by atomic mass is 35.5. The third-order valence-electron chi connectivity index (χ3n) is 2.91. The Kier molecular flexibility index (Phi) is 5.42. The summed E-state index contributed by atoms with van der Waals surface area (Å²) in [6.45, 7) is -0.598. The highest BCUT2D eigenvalue weighted by Crippen LogP contribution is 2.26. The van der Waals surface area contributed by atoms with E-state index in [1.807, 2.05) is 0 Å². The Morgan fingerprint density at radius 2 is 2.17 bits per heavy atom. The summed E-state index contributed by atoms with van der Waals surface area (Å²) in [6, 6.07) is 3.52. The van der Waals surface area contributed by atoms with Gasteiger partial charge in [0, 0.05) is 25.0 Å². The molecule has 11 heteroatoms. The molecule has 0 saturated heterocycles. The SMILES string of the molecule is O=C1CCC(C(=O)OCC(=O)Nc2ccc([N+](=O)[O-])cc2Cl)=NN1. The summed E-state index contributed by atoms with van der Waals surface area (Å²) < 4.78 is 4.77. The molecule has 0 bridgehead atoms. The number of esters is 1. The highest BCUT2D eigenvalue weighted by molar-refractivity contribution is 6.37. The maximum Gasteiger partial charge on any atom is 0.355 e. The lowest BCUT2D eigenvalue weighted by Crippen LogP contribution is -2.32. The molecule has 0 spiro atoms. The zero-order chi connectivity index (χ0) is 17.7. The number of anilines is 1. The van der Waals surface area contributed by atoms with E-state index in [1.165, 1.54) is 12.1 Å². The fourth-order valence-electron chi connectivity index (χ4n) is 1.74. The van der Waals surface area contributed by atoms with Crippen molar-refractivity contribution in [2.24, 2.45) is 5.10 Å². The van der Waals surface area contributed by atoms with Gasteiger partial charge in [-0.15, -0.1) is 0 Å². The molecule has 0 unspecified atom stereocenters. The Morgan fingerprint density at radius 3 is 2.75 bits per heavy atom. The first-order valence-electron chi connectivity index (χ1n) is 6.63. The van der Waals surface area contributed by atoms with Crippen molar-refractivity contribution in [1.82, 2.24) is 5.43 Å². The van der Waals surface area contributed by atoms with Crippen molar-refractivity contribution in [1.29, 1.82) is 0 Å². The first kappa shape index (κ1) is 17.3. The monoisotopic (exact) mass is 354 g/mol. The zero-order valence-corrected chi connectivity index (χ0v) is 12.8.